The zero-order valence-corrected chi connectivity index (χ0v) is 19.6. The third-order valence-corrected chi connectivity index (χ3v) is 6.32. The molecule has 3 heterocycles. The third kappa shape index (κ3) is 4.37. The number of nitrogens with zero attached hydrogens (tertiary/aromatic N) is 3. The molecule has 3 aromatic heterocycles. The van der Waals surface area contributed by atoms with E-state index >= 15 is 0 Å². The lowest BCUT2D eigenvalue weighted by atomic mass is 10.2. The zero-order chi connectivity index (χ0) is 25.4. The van der Waals surface area contributed by atoms with Gasteiger partial charge in [0.1, 0.15) is 27.1 Å². The summed E-state index contributed by atoms with van der Waals surface area (Å²) in [5.74, 6) is -2.06. The first-order valence-corrected chi connectivity index (χ1v) is 11.5. The molecule has 5 aromatic rings. The van der Waals surface area contributed by atoms with Crippen molar-refractivity contribution in [3.8, 4) is 17.2 Å². The van der Waals surface area contributed by atoms with E-state index < -0.39 is 23.1 Å². The lowest BCUT2D eigenvalue weighted by molar-refractivity contribution is 0.102. The maximum Gasteiger partial charge on any atom is 0.269 e. The van der Waals surface area contributed by atoms with Gasteiger partial charge in [0.2, 0.25) is 0 Å². The predicted molar refractivity (Wildman–Crippen MR) is 133 cm³/mol. The van der Waals surface area contributed by atoms with Crippen LogP contribution in [0.1, 0.15) is 10.4 Å². The average Bonchev–Trinajstić information content (AvgIpc) is 3.32. The van der Waals surface area contributed by atoms with E-state index in [9.17, 15) is 18.4 Å². The Morgan fingerprint density at radius 2 is 1.83 bits per heavy atom. The van der Waals surface area contributed by atoms with Gasteiger partial charge in [0.25, 0.3) is 11.5 Å². The molecule has 0 saturated heterocycles. The molecule has 12 heteroatoms. The van der Waals surface area contributed by atoms with Crippen LogP contribution < -0.4 is 21.3 Å². The largest absolute Gasteiger partial charge is 0.453 e. The Labute approximate surface area is 210 Å². The molecule has 0 unspecified atom stereocenters. The zero-order valence-electron chi connectivity index (χ0n) is 18.0. The van der Waals surface area contributed by atoms with Crippen molar-refractivity contribution in [2.45, 2.75) is 0 Å². The molecule has 0 bridgehead atoms. The molecular weight excluding hydrogens is 512 g/mol. The first-order chi connectivity index (χ1) is 17.3. The van der Waals surface area contributed by atoms with Crippen molar-refractivity contribution >= 4 is 50.7 Å². The van der Waals surface area contributed by atoms with Crippen LogP contribution in [-0.2, 0) is 0 Å². The lowest BCUT2D eigenvalue weighted by Crippen LogP contribution is -2.28. The fourth-order valence-corrected chi connectivity index (χ4v) is 4.35. The van der Waals surface area contributed by atoms with E-state index in [-0.39, 0.29) is 33.6 Å². The average molecular weight is 526 g/mol. The van der Waals surface area contributed by atoms with Gasteiger partial charge in [0.05, 0.1) is 16.7 Å². The van der Waals surface area contributed by atoms with Crippen molar-refractivity contribution in [2.75, 3.05) is 11.1 Å². The molecule has 5 rings (SSSR count). The number of hydrogen-bond acceptors (Lipinski definition) is 7. The molecule has 0 radical (unpaired) electrons. The van der Waals surface area contributed by atoms with Gasteiger partial charge in [-0.2, -0.15) is 0 Å². The van der Waals surface area contributed by atoms with E-state index in [0.717, 1.165) is 6.07 Å². The summed E-state index contributed by atoms with van der Waals surface area (Å²) in [5.41, 5.74) is 7.15. The fourth-order valence-electron chi connectivity index (χ4n) is 3.41. The van der Waals surface area contributed by atoms with Crippen molar-refractivity contribution in [1.29, 1.82) is 0 Å². The van der Waals surface area contributed by atoms with Crippen molar-refractivity contribution in [2.24, 2.45) is 0 Å². The topological polar surface area (TPSA) is 112 Å². The normalized spacial score (nSPS) is 11.0. The highest BCUT2D eigenvalue weighted by Gasteiger charge is 2.19. The Morgan fingerprint density at radius 3 is 2.58 bits per heavy atom. The van der Waals surface area contributed by atoms with Gasteiger partial charge in [-0.3, -0.25) is 14.2 Å². The van der Waals surface area contributed by atoms with Gasteiger partial charge in [-0.15, -0.1) is 11.3 Å². The van der Waals surface area contributed by atoms with E-state index in [1.165, 1.54) is 76.1 Å². The highest BCUT2D eigenvalue weighted by Crippen LogP contribution is 2.34. The fraction of sp³-hybridized carbons (Fsp3) is 0. The number of ether oxygens (including phenoxy) is 1. The number of nitrogen functional groups attached to an aromatic ring is 1. The number of hydrogen-bond donors (Lipinski definition) is 2. The van der Waals surface area contributed by atoms with E-state index in [2.05, 4.69) is 15.3 Å². The van der Waals surface area contributed by atoms with Crippen LogP contribution in [0.2, 0.25) is 5.02 Å². The Morgan fingerprint density at radius 1 is 1.06 bits per heavy atom. The van der Waals surface area contributed by atoms with Crippen LogP contribution in [0, 0.1) is 11.6 Å². The Bertz CT molecular complexity index is 1690. The van der Waals surface area contributed by atoms with Crippen molar-refractivity contribution < 1.29 is 18.3 Å². The van der Waals surface area contributed by atoms with Gasteiger partial charge < -0.3 is 15.8 Å². The van der Waals surface area contributed by atoms with E-state index in [1.807, 2.05) is 0 Å². The summed E-state index contributed by atoms with van der Waals surface area (Å²) in [6.07, 6.45) is 1.36. The van der Waals surface area contributed by atoms with Crippen LogP contribution in [0.4, 0.5) is 20.3 Å². The molecule has 0 aliphatic carbocycles. The minimum Gasteiger partial charge on any atom is -0.453 e. The van der Waals surface area contributed by atoms with E-state index in [4.69, 9.17) is 22.1 Å². The summed E-state index contributed by atoms with van der Waals surface area (Å²) in [5, 5.41) is 2.54. The first kappa shape index (κ1) is 23.4. The number of thiazole rings is 1. The van der Waals surface area contributed by atoms with E-state index in [0.29, 0.717) is 16.0 Å². The maximum absolute atomic E-state index is 14.7. The number of aromatic nitrogens is 3. The first-order valence-electron chi connectivity index (χ1n) is 10.3. The highest BCUT2D eigenvalue weighted by molar-refractivity contribution is 7.16. The van der Waals surface area contributed by atoms with Gasteiger partial charge in [0, 0.05) is 24.0 Å². The number of fused-ring (bicyclic) bond motifs is 1. The molecule has 0 atom stereocenters. The molecule has 0 spiro atoms. The molecular formula is C24H14ClF2N5O3S. The van der Waals surface area contributed by atoms with Crippen molar-refractivity contribution in [1.82, 2.24) is 14.5 Å². The van der Waals surface area contributed by atoms with Crippen LogP contribution in [-0.4, -0.2) is 20.4 Å². The van der Waals surface area contributed by atoms with Crippen LogP contribution in [0.3, 0.4) is 0 Å². The molecule has 36 heavy (non-hydrogen) atoms. The summed E-state index contributed by atoms with van der Waals surface area (Å²) >= 11 is 7.23. The Kier molecular flexibility index (Phi) is 6.08. The minimum atomic E-state index is -0.794. The number of benzene rings is 2. The smallest absolute Gasteiger partial charge is 0.269 e. The third-order valence-electron chi connectivity index (χ3n) is 5.11. The quantitative estimate of drug-likeness (QED) is 0.318. The molecule has 8 nitrogen and oxygen atoms in total. The molecule has 2 aromatic carbocycles. The monoisotopic (exact) mass is 525 g/mol. The second-order valence-electron chi connectivity index (χ2n) is 7.43. The summed E-state index contributed by atoms with van der Waals surface area (Å²) in [4.78, 5) is 34.7. The van der Waals surface area contributed by atoms with Crippen molar-refractivity contribution in [3.63, 3.8) is 0 Å². The Hall–Kier alpha value is -4.35. The number of anilines is 2. The number of nitrogens with two attached hydrogens (primary N) is 1. The van der Waals surface area contributed by atoms with Crippen LogP contribution in [0.15, 0.2) is 71.1 Å². The summed E-state index contributed by atoms with van der Waals surface area (Å²) in [6.45, 7) is 0. The Balaban J connectivity index is 1.45. The van der Waals surface area contributed by atoms with Gasteiger partial charge in [-0.1, -0.05) is 11.6 Å². The minimum absolute atomic E-state index is 0.0295. The molecule has 180 valence electrons. The molecule has 0 fully saturated rings. The standard InChI is InChI=1S/C24H14ClF2N5O3S/c25-20-19(7-8-29-21(20)28)35-18-6-3-13(9-16(18)27)31-22(33)15-10-17-24(36-11-30-17)32(23(15)34)14-4-1-12(26)2-5-14/h1-11H,(H2,28,29)(H,31,33). The number of carbonyl (C=O) groups is 1. The van der Waals surface area contributed by atoms with Gasteiger partial charge in [-0.25, -0.2) is 18.7 Å². The SMILES string of the molecule is Nc1nccc(Oc2ccc(NC(=O)c3cc4ncsc4n(-c4ccc(F)cc4)c3=O)cc2F)c1Cl. The summed E-state index contributed by atoms with van der Waals surface area (Å²) in [7, 11) is 0. The number of halogens is 3. The van der Waals surface area contributed by atoms with Crippen LogP contribution >= 0.6 is 22.9 Å². The number of amides is 1. The molecule has 0 aliphatic heterocycles. The lowest BCUT2D eigenvalue weighted by Gasteiger charge is -2.12. The highest BCUT2D eigenvalue weighted by atomic mass is 35.5. The van der Waals surface area contributed by atoms with E-state index in [1.54, 1.807) is 0 Å². The predicted octanol–water partition coefficient (Wildman–Crippen LogP) is 5.40. The second kappa shape index (κ2) is 9.36. The molecule has 1 amide bonds. The maximum atomic E-state index is 14.7. The van der Waals surface area contributed by atoms with Crippen LogP contribution in [0.5, 0.6) is 11.5 Å². The summed E-state index contributed by atoms with van der Waals surface area (Å²) in [6, 6.07) is 11.8. The molecule has 3 N–H and O–H groups in total. The van der Waals surface area contributed by atoms with Gasteiger partial charge in [0.15, 0.2) is 17.3 Å². The number of nitrogens with one attached hydrogen (secondary N) is 1. The number of carbonyl (C=O) groups excluding carboxylic acids is 1. The van der Waals surface area contributed by atoms with Gasteiger partial charge >= 0.3 is 0 Å². The van der Waals surface area contributed by atoms with Crippen LogP contribution in [0.25, 0.3) is 16.0 Å². The molecule has 0 saturated carbocycles. The summed E-state index contributed by atoms with van der Waals surface area (Å²) < 4.78 is 34.9. The molecule has 0 aliphatic rings. The number of pyridine rings is 2. The number of rotatable bonds is 5. The second-order valence-corrected chi connectivity index (χ2v) is 8.64. The van der Waals surface area contributed by atoms with Crippen molar-refractivity contribution in [3.05, 3.63) is 98.9 Å². The van der Waals surface area contributed by atoms with Gasteiger partial charge in [-0.05, 0) is 42.5 Å².